The normalized spacial score (nSPS) is 16.6. The molecule has 2 unspecified atom stereocenters. The van der Waals surface area contributed by atoms with Gasteiger partial charge in [-0.1, -0.05) is 60.7 Å². The summed E-state index contributed by atoms with van der Waals surface area (Å²) >= 11 is 0. The third-order valence-electron chi connectivity index (χ3n) is 5.07. The van der Waals surface area contributed by atoms with Crippen molar-refractivity contribution >= 4 is 23.9 Å². The molecule has 10 heteroatoms. The van der Waals surface area contributed by atoms with E-state index in [9.17, 15) is 24.3 Å². The van der Waals surface area contributed by atoms with Crippen molar-refractivity contribution in [2.45, 2.75) is 37.7 Å². The number of urea groups is 1. The molecule has 2 atom stereocenters. The Morgan fingerprint density at radius 1 is 0.939 bits per heavy atom. The Morgan fingerprint density at radius 3 is 1.97 bits per heavy atom. The highest BCUT2D eigenvalue weighted by molar-refractivity contribution is 6.09. The Balaban J connectivity index is 1.68. The molecular formula is C23H24N2O8. The van der Waals surface area contributed by atoms with Gasteiger partial charge in [0.05, 0.1) is 12.8 Å². The maximum atomic E-state index is 13.4. The molecule has 3 rings (SSSR count). The molecule has 1 fully saturated rings. The largest absolute Gasteiger partial charge is 0.444 e. The van der Waals surface area contributed by atoms with E-state index in [2.05, 4.69) is 10.1 Å². The lowest BCUT2D eigenvalue weighted by molar-refractivity contribution is -0.185. The third-order valence-corrected chi connectivity index (χ3v) is 5.07. The Morgan fingerprint density at radius 2 is 1.45 bits per heavy atom. The van der Waals surface area contributed by atoms with Crippen molar-refractivity contribution in [3.05, 3.63) is 71.8 Å². The van der Waals surface area contributed by atoms with Gasteiger partial charge in [-0.25, -0.2) is 9.69 Å². The van der Waals surface area contributed by atoms with Gasteiger partial charge >= 0.3 is 18.0 Å². The lowest BCUT2D eigenvalue weighted by Crippen LogP contribution is -2.45. The average Bonchev–Trinajstić information content (AvgIpc) is 3.07. The smallest absolute Gasteiger partial charge is 0.328 e. The van der Waals surface area contributed by atoms with E-state index in [-0.39, 0.29) is 0 Å². The third kappa shape index (κ3) is 5.18. The van der Waals surface area contributed by atoms with Crippen LogP contribution >= 0.6 is 0 Å². The van der Waals surface area contributed by atoms with Crippen LogP contribution in [-0.4, -0.2) is 58.1 Å². The highest BCUT2D eigenvalue weighted by Gasteiger charge is 2.54. The van der Waals surface area contributed by atoms with Crippen LogP contribution in [0.15, 0.2) is 60.7 Å². The second-order valence-corrected chi connectivity index (χ2v) is 7.41. The highest BCUT2D eigenvalue weighted by Crippen LogP contribution is 2.35. The van der Waals surface area contributed by atoms with E-state index in [0.717, 1.165) is 4.90 Å². The number of aliphatic hydroxyl groups is 2. The van der Waals surface area contributed by atoms with Crippen LogP contribution in [-0.2, 0) is 29.4 Å². The van der Waals surface area contributed by atoms with Gasteiger partial charge < -0.3 is 25.0 Å². The fraction of sp³-hybridized carbons (Fsp3) is 0.304. The summed E-state index contributed by atoms with van der Waals surface area (Å²) in [5, 5.41) is 21.1. The fourth-order valence-electron chi connectivity index (χ4n) is 3.33. The molecule has 1 aliphatic rings. The molecule has 1 heterocycles. The first-order valence-corrected chi connectivity index (χ1v) is 10.2. The summed E-state index contributed by atoms with van der Waals surface area (Å²) in [4.78, 5) is 50.5. The van der Waals surface area contributed by atoms with Crippen LogP contribution in [0.1, 0.15) is 30.9 Å². The van der Waals surface area contributed by atoms with E-state index in [1.807, 2.05) is 0 Å². The van der Waals surface area contributed by atoms with E-state index in [1.165, 1.54) is 6.92 Å². The Labute approximate surface area is 189 Å². The quantitative estimate of drug-likeness (QED) is 0.288. The summed E-state index contributed by atoms with van der Waals surface area (Å²) in [6.07, 6.45) is -3.81. The number of nitrogens with zero attached hydrogens (tertiary/aromatic N) is 1. The minimum atomic E-state index is -1.71. The number of imide groups is 1. The number of carbonyl (C=O) groups excluding carboxylic acids is 4. The first-order valence-electron chi connectivity index (χ1n) is 10.2. The molecule has 3 amide bonds. The average molecular weight is 456 g/mol. The number of aliphatic hydroxyl groups excluding tert-OH is 2. The second-order valence-electron chi connectivity index (χ2n) is 7.41. The summed E-state index contributed by atoms with van der Waals surface area (Å²) < 4.78 is 9.55. The molecule has 1 aliphatic heterocycles. The molecule has 33 heavy (non-hydrogen) atoms. The van der Waals surface area contributed by atoms with Crippen LogP contribution in [0.25, 0.3) is 0 Å². The molecule has 174 valence electrons. The van der Waals surface area contributed by atoms with Crippen molar-refractivity contribution in [2.24, 2.45) is 0 Å². The number of ether oxygens (including phenoxy) is 2. The highest BCUT2D eigenvalue weighted by atomic mass is 16.6. The number of carbonyl (C=O) groups is 4. The molecule has 1 saturated heterocycles. The van der Waals surface area contributed by atoms with E-state index >= 15 is 0 Å². The van der Waals surface area contributed by atoms with Gasteiger partial charge in [0.1, 0.15) is 6.10 Å². The molecule has 10 nitrogen and oxygen atoms in total. The molecule has 0 radical (unpaired) electrons. The van der Waals surface area contributed by atoms with Gasteiger partial charge in [0.25, 0.3) is 5.91 Å². The Hall–Kier alpha value is -3.76. The number of nitrogens with one attached hydrogen (secondary N) is 1. The number of hydrogen-bond donors (Lipinski definition) is 3. The zero-order valence-corrected chi connectivity index (χ0v) is 17.8. The number of esters is 2. The van der Waals surface area contributed by atoms with Gasteiger partial charge in [0.15, 0.2) is 12.3 Å². The number of amides is 3. The molecule has 0 saturated carbocycles. The zero-order valence-electron chi connectivity index (χ0n) is 17.8. The van der Waals surface area contributed by atoms with Crippen LogP contribution < -0.4 is 5.32 Å². The van der Waals surface area contributed by atoms with Gasteiger partial charge in [0, 0.05) is 0 Å². The molecule has 0 aliphatic carbocycles. The maximum Gasteiger partial charge on any atom is 0.328 e. The van der Waals surface area contributed by atoms with Crippen LogP contribution in [0.4, 0.5) is 4.79 Å². The van der Waals surface area contributed by atoms with E-state index in [0.29, 0.717) is 11.1 Å². The zero-order chi connectivity index (χ0) is 24.0. The topological polar surface area (TPSA) is 142 Å². The monoisotopic (exact) mass is 456 g/mol. The Kier molecular flexibility index (Phi) is 7.41. The summed E-state index contributed by atoms with van der Waals surface area (Å²) in [6, 6.07) is 16.7. The second kappa shape index (κ2) is 10.2. The van der Waals surface area contributed by atoms with Crippen LogP contribution in [0.3, 0.4) is 0 Å². The minimum Gasteiger partial charge on any atom is -0.444 e. The first-order chi connectivity index (χ1) is 15.8. The SMILES string of the molecule is CC(O)C(O)OC(=O)CCC(=O)OCN1C(=O)NC(c2ccccc2)(c2ccccc2)C1=O. The molecule has 0 bridgehead atoms. The lowest BCUT2D eigenvalue weighted by atomic mass is 9.83. The summed E-state index contributed by atoms with van der Waals surface area (Å²) in [7, 11) is 0. The van der Waals surface area contributed by atoms with Crippen LogP contribution in [0.5, 0.6) is 0 Å². The van der Waals surface area contributed by atoms with Gasteiger partial charge in [-0.2, -0.15) is 0 Å². The lowest BCUT2D eigenvalue weighted by Gasteiger charge is -2.27. The van der Waals surface area contributed by atoms with Gasteiger partial charge in [-0.05, 0) is 18.1 Å². The van der Waals surface area contributed by atoms with Crippen LogP contribution in [0, 0.1) is 0 Å². The predicted octanol–water partition coefficient (Wildman–Crippen LogP) is 1.01. The van der Waals surface area contributed by atoms with Crippen molar-refractivity contribution in [3.63, 3.8) is 0 Å². The van der Waals surface area contributed by atoms with Crippen LogP contribution in [0.2, 0.25) is 0 Å². The van der Waals surface area contributed by atoms with Gasteiger partial charge in [0.2, 0.25) is 6.29 Å². The van der Waals surface area contributed by atoms with E-state index < -0.39 is 61.4 Å². The van der Waals surface area contributed by atoms with Crippen molar-refractivity contribution in [1.82, 2.24) is 10.2 Å². The van der Waals surface area contributed by atoms with Crippen molar-refractivity contribution in [1.29, 1.82) is 0 Å². The number of hydrogen-bond acceptors (Lipinski definition) is 8. The van der Waals surface area contributed by atoms with Crippen molar-refractivity contribution in [3.8, 4) is 0 Å². The molecule has 2 aromatic rings. The first kappa shape index (κ1) is 23.9. The minimum absolute atomic E-state index is 0.405. The summed E-state index contributed by atoms with van der Waals surface area (Å²) in [5.41, 5.74) is -0.391. The molecule has 0 spiro atoms. The predicted molar refractivity (Wildman–Crippen MR) is 113 cm³/mol. The fourth-order valence-corrected chi connectivity index (χ4v) is 3.33. The van der Waals surface area contributed by atoms with Gasteiger partial charge in [-0.3, -0.25) is 14.4 Å². The Bertz CT molecular complexity index is 970. The maximum absolute atomic E-state index is 13.4. The molecule has 0 aromatic heterocycles. The summed E-state index contributed by atoms with van der Waals surface area (Å²) in [5.74, 6) is -2.38. The standard InChI is InChI=1S/C23H24N2O8/c1-15(26)20(29)33-19(28)13-12-18(27)32-14-25-21(30)23(24-22(25)31,16-8-4-2-5-9-16)17-10-6-3-7-11-17/h2-11,15,20,26,29H,12-14H2,1H3,(H,24,31). The molecule has 2 aromatic carbocycles. The molecule has 3 N–H and O–H groups in total. The molecular weight excluding hydrogens is 432 g/mol. The number of benzene rings is 2. The number of rotatable bonds is 9. The van der Waals surface area contributed by atoms with E-state index in [1.54, 1.807) is 60.7 Å². The van der Waals surface area contributed by atoms with E-state index in [4.69, 9.17) is 9.84 Å². The van der Waals surface area contributed by atoms with Crippen molar-refractivity contribution in [2.75, 3.05) is 6.73 Å². The summed E-state index contributed by atoms with van der Waals surface area (Å²) in [6.45, 7) is 0.589. The van der Waals surface area contributed by atoms with Crippen molar-refractivity contribution < 1.29 is 38.9 Å². The van der Waals surface area contributed by atoms with Gasteiger partial charge in [-0.15, -0.1) is 0 Å².